The van der Waals surface area contributed by atoms with Crippen LogP contribution < -0.4 is 5.32 Å². The van der Waals surface area contributed by atoms with Crippen LogP contribution in [-0.2, 0) is 29.1 Å². The fourth-order valence-electron chi connectivity index (χ4n) is 5.93. The van der Waals surface area contributed by atoms with Gasteiger partial charge in [-0.1, -0.05) is 79.7 Å². The highest BCUT2D eigenvalue weighted by Gasteiger charge is 2.52. The minimum atomic E-state index is -0.672. The number of piperazine rings is 1. The lowest BCUT2D eigenvalue weighted by atomic mass is 10.00. The number of fused-ring (bicyclic) bond motifs is 2. The van der Waals surface area contributed by atoms with Crippen LogP contribution in [-0.4, -0.2) is 74.5 Å². The Kier molecular flexibility index (Phi) is 8.16. The van der Waals surface area contributed by atoms with Crippen molar-refractivity contribution in [2.45, 2.75) is 45.1 Å². The van der Waals surface area contributed by atoms with Gasteiger partial charge >= 0.3 is 6.03 Å². The average molecular weight is 583 g/mol. The predicted molar refractivity (Wildman–Crippen MR) is 162 cm³/mol. The van der Waals surface area contributed by atoms with Gasteiger partial charge in [0.1, 0.15) is 12.2 Å². The number of nitrogens with one attached hydrogen (secondary N) is 1. The van der Waals surface area contributed by atoms with E-state index in [9.17, 15) is 14.4 Å². The number of aromatic nitrogens is 1. The van der Waals surface area contributed by atoms with Gasteiger partial charge in [0.25, 0.3) is 0 Å². The molecule has 10 heteroatoms. The molecular formula is C32H34N6O3S. The van der Waals surface area contributed by atoms with E-state index >= 15 is 0 Å². The molecule has 2 aliphatic heterocycles. The van der Waals surface area contributed by atoms with Gasteiger partial charge in [0.15, 0.2) is 0 Å². The Morgan fingerprint density at radius 3 is 2.48 bits per heavy atom. The lowest BCUT2D eigenvalue weighted by Crippen LogP contribution is -2.66. The number of nitrogens with zero attached hydrogens (tertiary/aromatic N) is 5. The monoisotopic (exact) mass is 582 g/mol. The van der Waals surface area contributed by atoms with Crippen molar-refractivity contribution in [1.82, 2.24) is 30.1 Å². The molecule has 2 fully saturated rings. The van der Waals surface area contributed by atoms with E-state index in [4.69, 9.17) is 0 Å². The van der Waals surface area contributed by atoms with E-state index in [0.717, 1.165) is 33.3 Å². The highest BCUT2D eigenvalue weighted by atomic mass is 32.1. The number of carbonyl (C=O) groups is 3. The number of para-hydroxylation sites is 1. The fourth-order valence-corrected chi connectivity index (χ4v) is 6.65. The molecule has 3 aromatic carbocycles. The molecule has 216 valence electrons. The average Bonchev–Trinajstić information content (AvgIpc) is 3.63. The van der Waals surface area contributed by atoms with Crippen molar-refractivity contribution in [3.63, 3.8) is 0 Å². The summed E-state index contributed by atoms with van der Waals surface area (Å²) in [6.07, 6.45) is 0.659. The van der Waals surface area contributed by atoms with E-state index in [2.05, 4.69) is 10.3 Å². The van der Waals surface area contributed by atoms with Crippen molar-refractivity contribution in [2.24, 2.45) is 0 Å². The molecule has 42 heavy (non-hydrogen) atoms. The standard InChI is InChI=1S/C32H34N6O3S/c1-2-16-36(32(41)33-18-24-12-7-4-8-13-24)37-21-29(39)38-26(17-23-10-5-3-6-11-23)31(40)35(20-28(37)38)19-25-14-9-15-27-30(25)34-22-42-27/h3-15,22,26,28H,2,16-21H2,1H3,(H,33,41)/t26-,28+/m0/s1. The quantitative estimate of drug-likeness (QED) is 0.319. The van der Waals surface area contributed by atoms with Crippen molar-refractivity contribution in [3.05, 3.63) is 101 Å². The SMILES string of the molecule is CCCN(C(=O)NCc1ccccc1)N1CC(=O)N2[C@@H](Cc3ccccc3)C(=O)N(Cc3cccc4scnc34)C[C@@H]21. The second-order valence-electron chi connectivity index (χ2n) is 10.7. The molecule has 9 nitrogen and oxygen atoms in total. The van der Waals surface area contributed by atoms with Gasteiger partial charge in [0.2, 0.25) is 11.8 Å². The summed E-state index contributed by atoms with van der Waals surface area (Å²) in [6, 6.07) is 24.6. The van der Waals surface area contributed by atoms with Crippen molar-refractivity contribution < 1.29 is 14.4 Å². The second-order valence-corrected chi connectivity index (χ2v) is 11.6. The number of hydrogen-bond donors (Lipinski definition) is 1. The van der Waals surface area contributed by atoms with Gasteiger partial charge in [-0.2, -0.15) is 5.01 Å². The summed E-state index contributed by atoms with van der Waals surface area (Å²) in [7, 11) is 0. The van der Waals surface area contributed by atoms with Crippen LogP contribution in [0.1, 0.15) is 30.0 Å². The minimum Gasteiger partial charge on any atom is -0.333 e. The molecule has 0 bridgehead atoms. The Morgan fingerprint density at radius 1 is 1.00 bits per heavy atom. The predicted octanol–water partition coefficient (Wildman–Crippen LogP) is 4.26. The Balaban J connectivity index is 1.30. The van der Waals surface area contributed by atoms with E-state index < -0.39 is 12.2 Å². The Morgan fingerprint density at radius 2 is 1.74 bits per heavy atom. The summed E-state index contributed by atoms with van der Waals surface area (Å²) in [5.41, 5.74) is 5.66. The summed E-state index contributed by atoms with van der Waals surface area (Å²) < 4.78 is 1.07. The Bertz CT molecular complexity index is 1560. The summed E-state index contributed by atoms with van der Waals surface area (Å²) in [5.74, 6) is -0.236. The number of rotatable bonds is 9. The molecule has 4 aromatic rings. The highest BCUT2D eigenvalue weighted by Crippen LogP contribution is 2.31. The number of thiazole rings is 1. The van der Waals surface area contributed by atoms with Crippen molar-refractivity contribution in [3.8, 4) is 0 Å². The first-order valence-electron chi connectivity index (χ1n) is 14.3. The summed E-state index contributed by atoms with van der Waals surface area (Å²) in [5, 5.41) is 6.53. The first-order valence-corrected chi connectivity index (χ1v) is 15.2. The van der Waals surface area contributed by atoms with Gasteiger partial charge in [-0.25, -0.2) is 9.78 Å². The molecule has 2 aliphatic rings. The highest BCUT2D eigenvalue weighted by molar-refractivity contribution is 7.16. The van der Waals surface area contributed by atoms with Crippen LogP contribution in [0.2, 0.25) is 0 Å². The van der Waals surface area contributed by atoms with Crippen LogP contribution in [0.3, 0.4) is 0 Å². The Labute approximate surface area is 249 Å². The van der Waals surface area contributed by atoms with E-state index in [0.29, 0.717) is 32.6 Å². The zero-order valence-electron chi connectivity index (χ0n) is 23.6. The smallest absolute Gasteiger partial charge is 0.332 e. The van der Waals surface area contributed by atoms with Gasteiger partial charge < -0.3 is 15.1 Å². The molecule has 2 saturated heterocycles. The van der Waals surface area contributed by atoms with Crippen LogP contribution in [0.15, 0.2) is 84.4 Å². The number of hydrogen-bond acceptors (Lipinski definition) is 6. The van der Waals surface area contributed by atoms with Gasteiger partial charge in [-0.05, 0) is 29.2 Å². The summed E-state index contributed by atoms with van der Waals surface area (Å²) >= 11 is 1.57. The minimum absolute atomic E-state index is 0.0392. The maximum absolute atomic E-state index is 14.1. The molecule has 1 N–H and O–H groups in total. The molecule has 0 unspecified atom stereocenters. The lowest BCUT2D eigenvalue weighted by molar-refractivity contribution is -0.157. The fraction of sp³-hybridized carbons (Fsp3) is 0.312. The summed E-state index contributed by atoms with van der Waals surface area (Å²) in [6.45, 7) is 3.56. The molecule has 3 heterocycles. The topological polar surface area (TPSA) is 89.1 Å². The van der Waals surface area contributed by atoms with Gasteiger partial charge in [-0.15, -0.1) is 11.3 Å². The molecule has 0 spiro atoms. The number of carbonyl (C=O) groups excluding carboxylic acids is 3. The van der Waals surface area contributed by atoms with E-state index in [-0.39, 0.29) is 24.4 Å². The maximum atomic E-state index is 14.1. The maximum Gasteiger partial charge on any atom is 0.332 e. The molecule has 0 aliphatic carbocycles. The van der Waals surface area contributed by atoms with E-state index in [1.165, 1.54) is 0 Å². The van der Waals surface area contributed by atoms with Crippen LogP contribution >= 0.6 is 11.3 Å². The first kappa shape index (κ1) is 27.9. The summed E-state index contributed by atoms with van der Waals surface area (Å²) in [4.78, 5) is 49.4. The molecule has 4 amide bonds. The number of benzene rings is 3. The van der Waals surface area contributed by atoms with Crippen molar-refractivity contribution in [2.75, 3.05) is 19.6 Å². The molecule has 0 radical (unpaired) electrons. The van der Waals surface area contributed by atoms with Crippen molar-refractivity contribution in [1.29, 1.82) is 0 Å². The van der Waals surface area contributed by atoms with Gasteiger partial charge in [0, 0.05) is 26.1 Å². The zero-order chi connectivity index (χ0) is 29.1. The molecule has 1 aromatic heterocycles. The van der Waals surface area contributed by atoms with Crippen LogP contribution in [0, 0.1) is 0 Å². The third kappa shape index (κ3) is 5.60. The first-order chi connectivity index (χ1) is 20.5. The Hall–Kier alpha value is -4.28. The number of urea groups is 1. The van der Waals surface area contributed by atoms with Gasteiger partial charge in [0.05, 0.1) is 28.8 Å². The van der Waals surface area contributed by atoms with Crippen LogP contribution in [0.5, 0.6) is 0 Å². The van der Waals surface area contributed by atoms with E-state index in [1.54, 1.807) is 21.2 Å². The molecule has 0 saturated carbocycles. The third-order valence-corrected chi connectivity index (χ3v) is 8.70. The number of amides is 4. The molecule has 6 rings (SSSR count). The van der Waals surface area contributed by atoms with Crippen LogP contribution in [0.4, 0.5) is 4.79 Å². The van der Waals surface area contributed by atoms with E-state index in [1.807, 2.05) is 101 Å². The van der Waals surface area contributed by atoms with Crippen LogP contribution in [0.25, 0.3) is 10.2 Å². The molecule has 2 atom stereocenters. The largest absolute Gasteiger partial charge is 0.333 e. The van der Waals surface area contributed by atoms with Crippen molar-refractivity contribution >= 4 is 39.4 Å². The lowest BCUT2D eigenvalue weighted by Gasteiger charge is -2.46. The third-order valence-electron chi connectivity index (χ3n) is 7.91. The molecular weight excluding hydrogens is 548 g/mol. The normalized spacial score (nSPS) is 18.9. The second kappa shape index (κ2) is 12.3. The van der Waals surface area contributed by atoms with Gasteiger partial charge in [-0.3, -0.25) is 14.6 Å². The zero-order valence-corrected chi connectivity index (χ0v) is 24.4. The number of hydrazine groups is 1.